The Balaban J connectivity index is 2.45. The number of nitrogens with one attached hydrogen (secondary N) is 1. The minimum atomic E-state index is -0.0214. The van der Waals surface area contributed by atoms with E-state index in [1.807, 2.05) is 12.1 Å². The molecule has 0 fully saturated rings. The molecule has 0 amide bonds. The van der Waals surface area contributed by atoms with Crippen LogP contribution in [0.4, 0.5) is 0 Å². The van der Waals surface area contributed by atoms with Gasteiger partial charge in [-0.3, -0.25) is 4.79 Å². The zero-order chi connectivity index (χ0) is 13.0. The molecule has 0 aliphatic carbocycles. The number of rotatable bonds is 5. The van der Waals surface area contributed by atoms with Gasteiger partial charge in [0.05, 0.1) is 18.7 Å². The van der Waals surface area contributed by atoms with Gasteiger partial charge in [-0.15, -0.1) is 0 Å². The van der Waals surface area contributed by atoms with Crippen LogP contribution in [0.15, 0.2) is 12.1 Å². The van der Waals surface area contributed by atoms with Crippen LogP contribution in [-0.2, 0) is 11.3 Å². The highest BCUT2D eigenvalue weighted by atomic mass is 16.6. The summed E-state index contributed by atoms with van der Waals surface area (Å²) in [5, 5.41) is 2.86. The van der Waals surface area contributed by atoms with Crippen LogP contribution in [0.2, 0.25) is 0 Å². The third kappa shape index (κ3) is 2.47. The molecular formula is C13H17NO4. The van der Waals surface area contributed by atoms with Crippen LogP contribution in [0.1, 0.15) is 15.9 Å². The van der Waals surface area contributed by atoms with E-state index in [0.717, 1.165) is 5.56 Å². The Hall–Kier alpha value is -1.59. The van der Waals surface area contributed by atoms with E-state index in [-0.39, 0.29) is 12.3 Å². The van der Waals surface area contributed by atoms with Crippen LogP contribution in [0, 0.1) is 0 Å². The Bertz CT molecular complexity index is 445. The third-order valence-electron chi connectivity index (χ3n) is 2.71. The highest BCUT2D eigenvalue weighted by Crippen LogP contribution is 2.36. The van der Waals surface area contributed by atoms with Gasteiger partial charge in [-0.1, -0.05) is 6.07 Å². The highest BCUT2D eigenvalue weighted by Gasteiger charge is 2.23. The maximum absolute atomic E-state index is 12.2. The predicted octanol–water partition coefficient (Wildman–Crippen LogP) is 1.01. The second kappa shape index (κ2) is 5.84. The Morgan fingerprint density at radius 3 is 2.89 bits per heavy atom. The van der Waals surface area contributed by atoms with Gasteiger partial charge in [0.25, 0.3) is 0 Å². The molecule has 18 heavy (non-hydrogen) atoms. The van der Waals surface area contributed by atoms with Crippen molar-refractivity contribution in [1.82, 2.24) is 5.32 Å². The normalized spacial score (nSPS) is 13.4. The topological polar surface area (TPSA) is 56.8 Å². The number of hydrogen-bond donors (Lipinski definition) is 1. The molecule has 0 atom stereocenters. The molecule has 1 N–H and O–H groups in total. The average Bonchev–Trinajstić information content (AvgIpc) is 2.39. The molecular weight excluding hydrogens is 234 g/mol. The van der Waals surface area contributed by atoms with E-state index in [1.165, 1.54) is 0 Å². The van der Waals surface area contributed by atoms with Gasteiger partial charge >= 0.3 is 0 Å². The summed E-state index contributed by atoms with van der Waals surface area (Å²) in [6.07, 6.45) is 0. The van der Waals surface area contributed by atoms with Gasteiger partial charge in [0, 0.05) is 7.11 Å². The van der Waals surface area contributed by atoms with Crippen molar-refractivity contribution < 1.29 is 19.0 Å². The summed E-state index contributed by atoms with van der Waals surface area (Å²) in [7, 11) is 3.34. The van der Waals surface area contributed by atoms with E-state index in [2.05, 4.69) is 5.32 Å². The van der Waals surface area contributed by atoms with Gasteiger partial charge in [0.1, 0.15) is 13.2 Å². The number of hydrogen-bond acceptors (Lipinski definition) is 5. The molecule has 0 aromatic heterocycles. The molecule has 1 aliphatic rings. The lowest BCUT2D eigenvalue weighted by Gasteiger charge is -2.22. The number of fused-ring (bicyclic) bond motifs is 1. The SMILES string of the molecule is CNCC(=O)c1c(COC)ccc2c1OCCO2. The number of likely N-dealkylation sites (N-methyl/N-ethyl adjacent to an activating group) is 1. The Morgan fingerprint density at radius 1 is 1.39 bits per heavy atom. The molecule has 1 aromatic rings. The fourth-order valence-electron chi connectivity index (χ4n) is 1.99. The van der Waals surface area contributed by atoms with Crippen LogP contribution >= 0.6 is 0 Å². The van der Waals surface area contributed by atoms with Crippen molar-refractivity contribution in [3.63, 3.8) is 0 Å². The van der Waals surface area contributed by atoms with Crippen LogP contribution in [0.25, 0.3) is 0 Å². The molecule has 1 aliphatic heterocycles. The maximum atomic E-state index is 12.2. The molecule has 2 rings (SSSR count). The Labute approximate surface area is 106 Å². The van der Waals surface area contributed by atoms with E-state index >= 15 is 0 Å². The summed E-state index contributed by atoms with van der Waals surface area (Å²) >= 11 is 0. The molecule has 0 saturated carbocycles. The van der Waals surface area contributed by atoms with Crippen molar-refractivity contribution in [2.45, 2.75) is 6.61 Å². The van der Waals surface area contributed by atoms with Crippen molar-refractivity contribution in [3.05, 3.63) is 23.3 Å². The zero-order valence-electron chi connectivity index (χ0n) is 10.6. The summed E-state index contributed by atoms with van der Waals surface area (Å²) in [6, 6.07) is 3.67. The number of ketones is 1. The van der Waals surface area contributed by atoms with Crippen LogP contribution in [0.3, 0.4) is 0 Å². The van der Waals surface area contributed by atoms with E-state index in [9.17, 15) is 4.79 Å². The van der Waals surface area contributed by atoms with Crippen LogP contribution in [-0.4, -0.2) is 39.7 Å². The monoisotopic (exact) mass is 251 g/mol. The smallest absolute Gasteiger partial charge is 0.180 e. The lowest BCUT2D eigenvalue weighted by atomic mass is 10.0. The number of Topliss-reactive ketones (excluding diaryl/α,β-unsaturated/α-hetero) is 1. The predicted molar refractivity (Wildman–Crippen MR) is 66.4 cm³/mol. The van der Waals surface area contributed by atoms with Gasteiger partial charge in [-0.2, -0.15) is 0 Å². The molecule has 0 spiro atoms. The first-order chi connectivity index (χ1) is 8.77. The molecule has 0 unspecified atom stereocenters. The second-order valence-electron chi connectivity index (χ2n) is 4.01. The van der Waals surface area contributed by atoms with E-state index in [4.69, 9.17) is 14.2 Å². The van der Waals surface area contributed by atoms with Crippen molar-refractivity contribution in [3.8, 4) is 11.5 Å². The summed E-state index contributed by atoms with van der Waals surface area (Å²) in [5.41, 5.74) is 1.38. The van der Waals surface area contributed by atoms with Crippen molar-refractivity contribution in [2.24, 2.45) is 0 Å². The van der Waals surface area contributed by atoms with E-state index < -0.39 is 0 Å². The molecule has 5 nitrogen and oxygen atoms in total. The maximum Gasteiger partial charge on any atom is 0.180 e. The molecule has 5 heteroatoms. The number of ether oxygens (including phenoxy) is 3. The Kier molecular flexibility index (Phi) is 4.17. The first-order valence-electron chi connectivity index (χ1n) is 5.86. The van der Waals surface area contributed by atoms with Crippen molar-refractivity contribution >= 4 is 5.78 Å². The van der Waals surface area contributed by atoms with Crippen molar-refractivity contribution in [2.75, 3.05) is 33.9 Å². The number of benzene rings is 1. The summed E-state index contributed by atoms with van der Waals surface area (Å²) < 4.78 is 16.2. The highest BCUT2D eigenvalue weighted by molar-refractivity contribution is 6.02. The first-order valence-corrected chi connectivity index (χ1v) is 5.86. The summed E-state index contributed by atoms with van der Waals surface area (Å²) in [6.45, 7) is 1.61. The fourth-order valence-corrected chi connectivity index (χ4v) is 1.99. The second-order valence-corrected chi connectivity index (χ2v) is 4.01. The molecule has 0 saturated heterocycles. The number of carbonyl (C=O) groups is 1. The van der Waals surface area contributed by atoms with Crippen LogP contribution < -0.4 is 14.8 Å². The minimum Gasteiger partial charge on any atom is -0.486 e. The average molecular weight is 251 g/mol. The Morgan fingerprint density at radius 2 is 2.17 bits per heavy atom. The molecule has 98 valence electrons. The van der Waals surface area contributed by atoms with Crippen LogP contribution in [0.5, 0.6) is 11.5 Å². The minimum absolute atomic E-state index is 0.0214. The summed E-state index contributed by atoms with van der Waals surface area (Å²) in [5.74, 6) is 1.14. The molecule has 0 bridgehead atoms. The molecule has 1 heterocycles. The van der Waals surface area contributed by atoms with Gasteiger partial charge in [0.2, 0.25) is 0 Å². The van der Waals surface area contributed by atoms with Gasteiger partial charge < -0.3 is 19.5 Å². The number of methoxy groups -OCH3 is 1. The quantitative estimate of drug-likeness (QED) is 0.791. The van der Waals surface area contributed by atoms with Gasteiger partial charge in [-0.05, 0) is 18.7 Å². The number of carbonyl (C=O) groups excluding carboxylic acids is 1. The van der Waals surface area contributed by atoms with E-state index in [1.54, 1.807) is 14.2 Å². The van der Waals surface area contributed by atoms with E-state index in [0.29, 0.717) is 36.9 Å². The largest absolute Gasteiger partial charge is 0.486 e. The zero-order valence-corrected chi connectivity index (χ0v) is 10.6. The lowest BCUT2D eigenvalue weighted by Crippen LogP contribution is -2.24. The van der Waals surface area contributed by atoms with Crippen molar-refractivity contribution in [1.29, 1.82) is 0 Å². The van der Waals surface area contributed by atoms with Gasteiger partial charge in [0.15, 0.2) is 17.3 Å². The van der Waals surface area contributed by atoms with Gasteiger partial charge in [-0.25, -0.2) is 0 Å². The standard InChI is InChI=1S/C13H17NO4/c1-14-7-10(15)12-9(8-16-2)3-4-11-13(12)18-6-5-17-11/h3-4,14H,5-8H2,1-2H3. The lowest BCUT2D eigenvalue weighted by molar-refractivity contribution is 0.0976. The fraction of sp³-hybridized carbons (Fsp3) is 0.462. The third-order valence-corrected chi connectivity index (χ3v) is 2.71. The first kappa shape index (κ1) is 12.9. The molecule has 1 aromatic carbocycles. The summed E-state index contributed by atoms with van der Waals surface area (Å²) in [4.78, 5) is 12.2. The molecule has 0 radical (unpaired) electrons.